The van der Waals surface area contributed by atoms with Crippen molar-refractivity contribution in [1.29, 1.82) is 0 Å². The molecule has 1 N–H and O–H groups in total. The number of hydrogen-bond donors (Lipinski definition) is 1. The van der Waals surface area contributed by atoms with Crippen molar-refractivity contribution in [2.45, 2.75) is 11.3 Å². The number of non-ortho nitro benzene ring substituents is 1. The van der Waals surface area contributed by atoms with Gasteiger partial charge in [-0.3, -0.25) is 24.5 Å². The predicted octanol–water partition coefficient (Wildman–Crippen LogP) is 5.21. The maximum atomic E-state index is 14.3. The van der Waals surface area contributed by atoms with Gasteiger partial charge in [-0.05, 0) is 58.7 Å². The fourth-order valence-electron chi connectivity index (χ4n) is 6.89. The van der Waals surface area contributed by atoms with E-state index in [9.17, 15) is 24.5 Å². The van der Waals surface area contributed by atoms with E-state index in [0.717, 1.165) is 27.2 Å². The lowest BCUT2D eigenvalue weighted by molar-refractivity contribution is -0.384. The molecule has 0 spiro atoms. The van der Waals surface area contributed by atoms with E-state index in [2.05, 4.69) is 10.5 Å². The van der Waals surface area contributed by atoms with Gasteiger partial charge in [-0.15, -0.1) is 0 Å². The van der Waals surface area contributed by atoms with Gasteiger partial charge in [-0.1, -0.05) is 60.1 Å². The normalized spacial score (nSPS) is 23.5. The molecule has 206 valence electrons. The molecule has 1 aliphatic heterocycles. The number of amides is 3. The zero-order valence-electron chi connectivity index (χ0n) is 21.8. The number of hydrazone groups is 1. The number of carbonyl (C=O) groups excluding carboxylic acids is 3. The highest BCUT2D eigenvalue weighted by Crippen LogP contribution is 2.63. The van der Waals surface area contributed by atoms with E-state index in [1.54, 1.807) is 30.5 Å². The first-order chi connectivity index (χ1) is 20.3. The molecular weight excluding hydrogens is 556 g/mol. The van der Waals surface area contributed by atoms with Crippen LogP contribution in [0.5, 0.6) is 0 Å². The topological polar surface area (TPSA) is 122 Å². The van der Waals surface area contributed by atoms with Gasteiger partial charge in [0.05, 0.1) is 27.9 Å². The largest absolute Gasteiger partial charge is 0.274 e. The number of imide groups is 1. The van der Waals surface area contributed by atoms with Gasteiger partial charge in [0.25, 0.3) is 11.6 Å². The van der Waals surface area contributed by atoms with Crippen molar-refractivity contribution in [2.75, 3.05) is 4.90 Å². The predicted molar refractivity (Wildman–Crippen MR) is 155 cm³/mol. The molecule has 2 atom stereocenters. The van der Waals surface area contributed by atoms with Crippen molar-refractivity contribution >= 4 is 46.9 Å². The molecule has 8 rings (SSSR count). The zero-order valence-corrected chi connectivity index (χ0v) is 22.6. The van der Waals surface area contributed by atoms with Crippen LogP contribution in [0.4, 0.5) is 11.4 Å². The first-order valence-corrected chi connectivity index (χ1v) is 13.6. The summed E-state index contributed by atoms with van der Waals surface area (Å²) in [5.74, 6) is -3.23. The van der Waals surface area contributed by atoms with Gasteiger partial charge >= 0.3 is 0 Å². The fourth-order valence-corrected chi connectivity index (χ4v) is 7.01. The molecule has 4 aromatic rings. The lowest BCUT2D eigenvalue weighted by atomic mass is 9.47. The number of anilines is 1. The number of nitro groups is 1. The highest BCUT2D eigenvalue weighted by molar-refractivity contribution is 6.30. The maximum absolute atomic E-state index is 14.3. The Morgan fingerprint density at radius 3 is 2.07 bits per heavy atom. The van der Waals surface area contributed by atoms with Gasteiger partial charge in [0.15, 0.2) is 0 Å². The summed E-state index contributed by atoms with van der Waals surface area (Å²) in [7, 11) is 0. The SMILES string of the molecule is O=C(N/N=C\C12c3ccccc3C(c3ccccc31)[C@@H]1C(=O)N(c3ccc([N+](=O)[O-])cc3)C(=O)[C@@H]12)c1ccc(Cl)cc1. The third-order valence-corrected chi connectivity index (χ3v) is 8.80. The summed E-state index contributed by atoms with van der Waals surface area (Å²) in [6, 6.07) is 27.1. The molecular formula is C32H21ClN4O5. The third-order valence-electron chi connectivity index (χ3n) is 8.54. The second-order valence-corrected chi connectivity index (χ2v) is 11.0. The van der Waals surface area contributed by atoms with Crippen LogP contribution in [0.25, 0.3) is 0 Å². The first kappa shape index (κ1) is 25.8. The van der Waals surface area contributed by atoms with Crippen molar-refractivity contribution in [1.82, 2.24) is 5.43 Å². The molecule has 4 aromatic carbocycles. The van der Waals surface area contributed by atoms with Crippen molar-refractivity contribution in [3.63, 3.8) is 0 Å². The zero-order chi connectivity index (χ0) is 29.2. The van der Waals surface area contributed by atoms with Crippen LogP contribution in [-0.2, 0) is 15.0 Å². The number of carbonyl (C=O) groups is 3. The van der Waals surface area contributed by atoms with E-state index in [4.69, 9.17) is 11.6 Å². The Bertz CT molecular complexity index is 1790. The van der Waals surface area contributed by atoms with Crippen molar-refractivity contribution < 1.29 is 19.3 Å². The molecule has 0 aromatic heterocycles. The molecule has 9 nitrogen and oxygen atoms in total. The van der Waals surface area contributed by atoms with Crippen LogP contribution in [0.2, 0.25) is 5.02 Å². The average Bonchev–Trinajstić information content (AvgIpc) is 3.28. The van der Waals surface area contributed by atoms with Crippen LogP contribution in [-0.4, -0.2) is 28.9 Å². The number of rotatable bonds is 5. The highest BCUT2D eigenvalue weighted by atomic mass is 35.5. The minimum absolute atomic E-state index is 0.143. The summed E-state index contributed by atoms with van der Waals surface area (Å²) in [5, 5.41) is 16.1. The fraction of sp³-hybridized carbons (Fsp3) is 0.125. The van der Waals surface area contributed by atoms with Crippen molar-refractivity contribution in [3.05, 3.63) is 140 Å². The van der Waals surface area contributed by atoms with Gasteiger partial charge in [0.2, 0.25) is 11.8 Å². The van der Waals surface area contributed by atoms with E-state index in [1.807, 2.05) is 48.5 Å². The van der Waals surface area contributed by atoms with E-state index in [1.165, 1.54) is 24.3 Å². The second-order valence-electron chi connectivity index (χ2n) is 10.5. The van der Waals surface area contributed by atoms with E-state index >= 15 is 0 Å². The molecule has 4 aliphatic rings. The number of nitro benzene ring substituents is 1. The number of nitrogens with one attached hydrogen (secondary N) is 1. The van der Waals surface area contributed by atoms with E-state index < -0.39 is 34.0 Å². The Labute approximate surface area is 244 Å². The monoisotopic (exact) mass is 576 g/mol. The summed E-state index contributed by atoms with van der Waals surface area (Å²) >= 11 is 5.96. The van der Waals surface area contributed by atoms with Crippen LogP contribution in [0.15, 0.2) is 102 Å². The minimum Gasteiger partial charge on any atom is -0.274 e. The van der Waals surface area contributed by atoms with Crippen LogP contribution in [0.1, 0.15) is 38.5 Å². The summed E-state index contributed by atoms with van der Waals surface area (Å²) < 4.78 is 0. The van der Waals surface area contributed by atoms with Gasteiger partial charge in [-0.25, -0.2) is 10.3 Å². The van der Waals surface area contributed by atoms with Crippen molar-refractivity contribution in [2.24, 2.45) is 16.9 Å². The van der Waals surface area contributed by atoms with E-state index in [-0.39, 0.29) is 23.2 Å². The van der Waals surface area contributed by atoms with Crippen molar-refractivity contribution in [3.8, 4) is 0 Å². The van der Waals surface area contributed by atoms with Gasteiger partial charge < -0.3 is 0 Å². The van der Waals surface area contributed by atoms with E-state index in [0.29, 0.717) is 10.6 Å². The molecule has 3 amide bonds. The number of halogens is 1. The van der Waals surface area contributed by atoms with Gasteiger partial charge in [0.1, 0.15) is 0 Å². The maximum Gasteiger partial charge on any atom is 0.271 e. The molecule has 0 radical (unpaired) electrons. The molecule has 2 bridgehead atoms. The average molecular weight is 577 g/mol. The molecule has 1 heterocycles. The Kier molecular flexibility index (Phi) is 5.81. The van der Waals surface area contributed by atoms with Crippen LogP contribution in [0.3, 0.4) is 0 Å². The summed E-state index contributed by atoms with van der Waals surface area (Å²) in [5.41, 5.74) is 5.41. The minimum atomic E-state index is -1.16. The molecule has 0 saturated carbocycles. The van der Waals surface area contributed by atoms with Gasteiger partial charge in [-0.2, -0.15) is 5.10 Å². The standard InChI is InChI=1S/C32H21ClN4O5/c33-19-11-9-18(10-12-19)29(38)35-34-17-32-24-7-3-1-5-22(24)26(23-6-2-4-8-25(23)32)27-28(32)31(40)36(30(27)39)20-13-15-21(16-14-20)37(41)42/h1-17,26-28H,(H,35,38)/b34-17-/t26?,27-,28+,32?/m0/s1. The Hall–Kier alpha value is -5.15. The number of hydrogen-bond acceptors (Lipinski definition) is 6. The molecule has 42 heavy (non-hydrogen) atoms. The third kappa shape index (κ3) is 3.56. The summed E-state index contributed by atoms with van der Waals surface area (Å²) in [6.45, 7) is 0. The summed E-state index contributed by atoms with van der Waals surface area (Å²) in [4.78, 5) is 53.2. The number of benzene rings is 4. The number of nitrogens with zero attached hydrogens (tertiary/aromatic N) is 3. The van der Waals surface area contributed by atoms with Gasteiger partial charge in [0, 0.05) is 34.9 Å². The molecule has 0 unspecified atom stereocenters. The van der Waals surface area contributed by atoms with Crippen LogP contribution < -0.4 is 10.3 Å². The first-order valence-electron chi connectivity index (χ1n) is 13.2. The molecule has 10 heteroatoms. The molecule has 3 aliphatic carbocycles. The Morgan fingerprint density at radius 2 is 1.48 bits per heavy atom. The highest BCUT2D eigenvalue weighted by Gasteiger charge is 2.68. The molecule has 1 fully saturated rings. The Morgan fingerprint density at radius 1 is 0.881 bits per heavy atom. The lowest BCUT2D eigenvalue weighted by Crippen LogP contribution is -2.54. The van der Waals surface area contributed by atoms with Crippen LogP contribution >= 0.6 is 11.6 Å². The van der Waals surface area contributed by atoms with Crippen LogP contribution in [0, 0.1) is 22.0 Å². The molecule has 1 saturated heterocycles. The summed E-state index contributed by atoms with van der Waals surface area (Å²) in [6.07, 6.45) is 1.58. The second kappa shape index (κ2) is 9.46. The smallest absolute Gasteiger partial charge is 0.271 e. The Balaban J connectivity index is 1.37. The lowest BCUT2D eigenvalue weighted by Gasteiger charge is -2.52. The quantitative estimate of drug-likeness (QED) is 0.151.